The van der Waals surface area contributed by atoms with Gasteiger partial charge >= 0.3 is 0 Å². The molecule has 0 saturated carbocycles. The van der Waals surface area contributed by atoms with Crippen LogP contribution in [0.2, 0.25) is 0 Å². The second-order valence-electron chi connectivity index (χ2n) is 8.76. The Morgan fingerprint density at radius 1 is 0.722 bits per heavy atom. The van der Waals surface area contributed by atoms with Crippen molar-refractivity contribution in [2.45, 2.75) is 73.3 Å². The van der Waals surface area contributed by atoms with Gasteiger partial charge in [-0.3, -0.25) is 4.90 Å². The smallest absolute Gasteiger partial charge is 0.0162 e. The first-order chi connectivity index (χ1) is 8.21. The summed E-state index contributed by atoms with van der Waals surface area (Å²) in [4.78, 5) is 2.83. The Balaban J connectivity index is 2.27. The van der Waals surface area contributed by atoms with Crippen molar-refractivity contribution in [2.24, 2.45) is 22.7 Å². The van der Waals surface area contributed by atoms with E-state index in [0.717, 1.165) is 17.9 Å². The third-order valence-corrected chi connectivity index (χ3v) is 5.39. The van der Waals surface area contributed by atoms with E-state index in [0.29, 0.717) is 10.8 Å². The quantitative estimate of drug-likeness (QED) is 0.609. The maximum absolute atomic E-state index is 2.83. The van der Waals surface area contributed by atoms with Crippen molar-refractivity contribution in [3.63, 3.8) is 0 Å². The van der Waals surface area contributed by atoms with Gasteiger partial charge in [-0.05, 0) is 61.4 Å². The topological polar surface area (TPSA) is 3.24 Å². The van der Waals surface area contributed by atoms with E-state index < -0.39 is 0 Å². The lowest BCUT2D eigenvalue weighted by molar-refractivity contribution is -0.0586. The summed E-state index contributed by atoms with van der Waals surface area (Å²) in [6.07, 6.45) is 5.71. The summed E-state index contributed by atoms with van der Waals surface area (Å²) in [6, 6.07) is 0.840. The van der Waals surface area contributed by atoms with Crippen molar-refractivity contribution in [1.29, 1.82) is 0 Å². The van der Waals surface area contributed by atoms with E-state index in [1.54, 1.807) is 0 Å². The molecule has 1 heteroatoms. The fourth-order valence-corrected chi connectivity index (χ4v) is 4.46. The summed E-state index contributed by atoms with van der Waals surface area (Å²) in [5, 5.41) is 0. The summed E-state index contributed by atoms with van der Waals surface area (Å²) in [5.74, 6) is 1.77. The molecule has 2 aliphatic heterocycles. The van der Waals surface area contributed by atoms with Gasteiger partial charge in [-0.1, -0.05) is 41.5 Å². The molecule has 18 heavy (non-hydrogen) atoms. The van der Waals surface area contributed by atoms with E-state index in [4.69, 9.17) is 0 Å². The SMILES string of the molecule is CC(C)(C)C1CCCN2CCCC(C(C)(C)C)C12. The van der Waals surface area contributed by atoms with Gasteiger partial charge in [-0.25, -0.2) is 0 Å². The van der Waals surface area contributed by atoms with Crippen LogP contribution in [-0.4, -0.2) is 24.0 Å². The van der Waals surface area contributed by atoms with Crippen molar-refractivity contribution < 1.29 is 0 Å². The average Bonchev–Trinajstić information content (AvgIpc) is 2.24. The predicted molar refractivity (Wildman–Crippen MR) is 79.7 cm³/mol. The van der Waals surface area contributed by atoms with Crippen LogP contribution < -0.4 is 0 Å². The fraction of sp³-hybridized carbons (Fsp3) is 1.00. The zero-order valence-electron chi connectivity index (χ0n) is 13.4. The van der Waals surface area contributed by atoms with Crippen LogP contribution in [0.1, 0.15) is 67.2 Å². The van der Waals surface area contributed by atoms with Gasteiger partial charge in [0.25, 0.3) is 0 Å². The highest BCUT2D eigenvalue weighted by atomic mass is 15.2. The highest BCUT2D eigenvalue weighted by Crippen LogP contribution is 2.48. The van der Waals surface area contributed by atoms with Crippen molar-refractivity contribution >= 4 is 0 Å². The number of hydrogen-bond acceptors (Lipinski definition) is 1. The van der Waals surface area contributed by atoms with Gasteiger partial charge < -0.3 is 0 Å². The lowest BCUT2D eigenvalue weighted by atomic mass is 9.61. The number of hydrogen-bond donors (Lipinski definition) is 0. The Morgan fingerprint density at radius 2 is 1.11 bits per heavy atom. The molecule has 0 amide bonds. The molecule has 0 aromatic carbocycles. The molecule has 2 aliphatic rings. The Morgan fingerprint density at radius 3 is 1.44 bits per heavy atom. The van der Waals surface area contributed by atoms with Crippen LogP contribution in [0.25, 0.3) is 0 Å². The molecular weight excluding hydrogens is 218 g/mol. The maximum Gasteiger partial charge on any atom is 0.0162 e. The molecule has 2 atom stereocenters. The molecular formula is C17H33N. The summed E-state index contributed by atoms with van der Waals surface area (Å²) in [6.45, 7) is 17.4. The summed E-state index contributed by atoms with van der Waals surface area (Å²) in [5.41, 5.74) is 0.925. The van der Waals surface area contributed by atoms with Gasteiger partial charge in [0.05, 0.1) is 0 Å². The second kappa shape index (κ2) is 4.81. The Kier molecular flexibility index (Phi) is 3.84. The third kappa shape index (κ3) is 2.76. The van der Waals surface area contributed by atoms with E-state index >= 15 is 0 Å². The Labute approximate surface area is 114 Å². The van der Waals surface area contributed by atoms with Gasteiger partial charge in [0, 0.05) is 6.04 Å². The molecule has 2 fully saturated rings. The average molecular weight is 251 g/mol. The highest BCUT2D eigenvalue weighted by molar-refractivity contribution is 4.99. The maximum atomic E-state index is 2.83. The predicted octanol–water partition coefficient (Wildman–Crippen LogP) is 4.57. The second-order valence-corrected chi connectivity index (χ2v) is 8.76. The number of piperidine rings is 2. The zero-order valence-corrected chi connectivity index (χ0v) is 13.4. The minimum atomic E-state index is 0.462. The van der Waals surface area contributed by atoms with Crippen LogP contribution >= 0.6 is 0 Å². The van der Waals surface area contributed by atoms with E-state index in [9.17, 15) is 0 Å². The molecule has 0 aromatic rings. The van der Waals surface area contributed by atoms with E-state index in [1.165, 1.54) is 38.8 Å². The molecule has 0 radical (unpaired) electrons. The molecule has 2 saturated heterocycles. The van der Waals surface area contributed by atoms with Gasteiger partial charge in [-0.2, -0.15) is 0 Å². The molecule has 1 nitrogen and oxygen atoms in total. The van der Waals surface area contributed by atoms with Crippen LogP contribution in [0.4, 0.5) is 0 Å². The standard InChI is InChI=1S/C17H33N/c1-16(2,3)13-9-7-11-18-12-8-10-14(15(13)18)17(4,5)6/h13-15H,7-12H2,1-6H3. The summed E-state index contributed by atoms with van der Waals surface area (Å²) in [7, 11) is 0. The van der Waals surface area contributed by atoms with Gasteiger partial charge in [0.15, 0.2) is 0 Å². The Bertz CT molecular complexity index is 253. The van der Waals surface area contributed by atoms with Crippen molar-refractivity contribution in [2.75, 3.05) is 13.1 Å². The van der Waals surface area contributed by atoms with Gasteiger partial charge in [0.2, 0.25) is 0 Å². The number of fused-ring (bicyclic) bond motifs is 1. The van der Waals surface area contributed by atoms with Crippen molar-refractivity contribution in [1.82, 2.24) is 4.90 Å². The molecule has 0 N–H and O–H groups in total. The first kappa shape index (κ1) is 14.4. The molecule has 2 unspecified atom stereocenters. The molecule has 2 rings (SSSR count). The van der Waals surface area contributed by atoms with Crippen LogP contribution in [0, 0.1) is 22.7 Å². The largest absolute Gasteiger partial charge is 0.300 e. The molecule has 0 aromatic heterocycles. The highest BCUT2D eigenvalue weighted by Gasteiger charge is 2.46. The lowest BCUT2D eigenvalue weighted by Gasteiger charge is -2.55. The normalized spacial score (nSPS) is 35.3. The van der Waals surface area contributed by atoms with Crippen LogP contribution in [0.15, 0.2) is 0 Å². The van der Waals surface area contributed by atoms with E-state index in [2.05, 4.69) is 46.4 Å². The van der Waals surface area contributed by atoms with Gasteiger partial charge in [-0.15, -0.1) is 0 Å². The van der Waals surface area contributed by atoms with Crippen LogP contribution in [0.3, 0.4) is 0 Å². The van der Waals surface area contributed by atoms with E-state index in [1.807, 2.05) is 0 Å². The lowest BCUT2D eigenvalue weighted by Crippen LogP contribution is -2.58. The molecule has 2 heterocycles. The molecule has 106 valence electrons. The van der Waals surface area contributed by atoms with Gasteiger partial charge in [0.1, 0.15) is 0 Å². The first-order valence-electron chi connectivity index (χ1n) is 7.95. The molecule has 0 aliphatic carbocycles. The monoisotopic (exact) mass is 251 g/mol. The summed E-state index contributed by atoms with van der Waals surface area (Å²) >= 11 is 0. The molecule has 0 bridgehead atoms. The minimum absolute atomic E-state index is 0.462. The Hall–Kier alpha value is -0.0400. The van der Waals surface area contributed by atoms with Crippen LogP contribution in [0.5, 0.6) is 0 Å². The minimum Gasteiger partial charge on any atom is -0.300 e. The fourth-order valence-electron chi connectivity index (χ4n) is 4.46. The number of rotatable bonds is 0. The zero-order chi connectivity index (χ0) is 13.6. The van der Waals surface area contributed by atoms with Crippen molar-refractivity contribution in [3.05, 3.63) is 0 Å². The van der Waals surface area contributed by atoms with E-state index in [-0.39, 0.29) is 0 Å². The van der Waals surface area contributed by atoms with Crippen molar-refractivity contribution in [3.8, 4) is 0 Å². The molecule has 0 spiro atoms. The third-order valence-electron chi connectivity index (χ3n) is 5.39. The summed E-state index contributed by atoms with van der Waals surface area (Å²) < 4.78 is 0. The van der Waals surface area contributed by atoms with Crippen LogP contribution in [-0.2, 0) is 0 Å². The number of nitrogens with zero attached hydrogens (tertiary/aromatic N) is 1. The first-order valence-corrected chi connectivity index (χ1v) is 7.95.